The standard InChI is InChI=1S/C16H25BrN2/c1-4-19(13-7-5-6-8-13)14-9-10-15(12(2)18-3)16(17)11-14/h9-13,18H,4-8H2,1-3H3. The van der Waals surface area contributed by atoms with Gasteiger partial charge in [-0.25, -0.2) is 0 Å². The van der Waals surface area contributed by atoms with E-state index in [1.807, 2.05) is 7.05 Å². The average Bonchev–Trinajstić information content (AvgIpc) is 2.93. The topological polar surface area (TPSA) is 15.3 Å². The summed E-state index contributed by atoms with van der Waals surface area (Å²) in [6.07, 6.45) is 5.47. The molecule has 1 aliphatic rings. The van der Waals surface area contributed by atoms with Crippen LogP contribution in [0.25, 0.3) is 0 Å². The second kappa shape index (κ2) is 6.76. The second-order valence-electron chi connectivity index (χ2n) is 5.44. The van der Waals surface area contributed by atoms with Crippen molar-refractivity contribution < 1.29 is 0 Å². The number of rotatable bonds is 5. The maximum absolute atomic E-state index is 3.73. The molecule has 0 spiro atoms. The average molecular weight is 325 g/mol. The zero-order valence-electron chi connectivity index (χ0n) is 12.2. The molecule has 0 aliphatic heterocycles. The van der Waals surface area contributed by atoms with Gasteiger partial charge in [-0.2, -0.15) is 0 Å². The van der Waals surface area contributed by atoms with Crippen molar-refractivity contribution in [3.8, 4) is 0 Å². The van der Waals surface area contributed by atoms with Crippen molar-refractivity contribution in [3.63, 3.8) is 0 Å². The van der Waals surface area contributed by atoms with Crippen LogP contribution in [-0.2, 0) is 0 Å². The molecule has 1 aliphatic carbocycles. The van der Waals surface area contributed by atoms with Crippen LogP contribution in [0.5, 0.6) is 0 Å². The highest BCUT2D eigenvalue weighted by molar-refractivity contribution is 9.10. The van der Waals surface area contributed by atoms with Crippen LogP contribution in [0.2, 0.25) is 0 Å². The molecule has 1 N–H and O–H groups in total. The summed E-state index contributed by atoms with van der Waals surface area (Å²) in [6.45, 7) is 5.54. The number of benzene rings is 1. The van der Waals surface area contributed by atoms with Crippen molar-refractivity contribution in [2.24, 2.45) is 0 Å². The lowest BCUT2D eigenvalue weighted by atomic mass is 10.1. The molecule has 1 aromatic rings. The summed E-state index contributed by atoms with van der Waals surface area (Å²) < 4.78 is 1.21. The molecular weight excluding hydrogens is 300 g/mol. The van der Waals surface area contributed by atoms with E-state index in [-0.39, 0.29) is 0 Å². The highest BCUT2D eigenvalue weighted by atomic mass is 79.9. The minimum Gasteiger partial charge on any atom is -0.369 e. The summed E-state index contributed by atoms with van der Waals surface area (Å²) in [6, 6.07) is 7.92. The summed E-state index contributed by atoms with van der Waals surface area (Å²) >= 11 is 3.73. The molecule has 0 aromatic heterocycles. The third-order valence-corrected chi connectivity index (χ3v) is 5.01. The number of nitrogens with zero attached hydrogens (tertiary/aromatic N) is 1. The van der Waals surface area contributed by atoms with Gasteiger partial charge < -0.3 is 10.2 Å². The van der Waals surface area contributed by atoms with Crippen molar-refractivity contribution in [2.75, 3.05) is 18.5 Å². The van der Waals surface area contributed by atoms with Gasteiger partial charge in [-0.1, -0.05) is 34.8 Å². The van der Waals surface area contributed by atoms with E-state index in [9.17, 15) is 0 Å². The molecule has 0 radical (unpaired) electrons. The van der Waals surface area contributed by atoms with Crippen LogP contribution in [0.3, 0.4) is 0 Å². The predicted octanol–water partition coefficient (Wildman–Crippen LogP) is 4.50. The number of anilines is 1. The van der Waals surface area contributed by atoms with Gasteiger partial charge in [0.2, 0.25) is 0 Å². The predicted molar refractivity (Wildman–Crippen MR) is 86.9 cm³/mol. The summed E-state index contributed by atoms with van der Waals surface area (Å²) in [4.78, 5) is 2.56. The fourth-order valence-electron chi connectivity index (χ4n) is 3.07. The Labute approximate surface area is 125 Å². The molecule has 1 saturated carbocycles. The molecule has 1 unspecified atom stereocenters. The van der Waals surface area contributed by atoms with Crippen LogP contribution in [0.15, 0.2) is 22.7 Å². The van der Waals surface area contributed by atoms with Gasteiger partial charge in [-0.3, -0.25) is 0 Å². The lowest BCUT2D eigenvalue weighted by Gasteiger charge is -2.30. The fourth-order valence-corrected chi connectivity index (χ4v) is 3.78. The molecule has 106 valence electrons. The van der Waals surface area contributed by atoms with Gasteiger partial charge in [-0.05, 0) is 51.4 Å². The first-order chi connectivity index (χ1) is 9.17. The van der Waals surface area contributed by atoms with Gasteiger partial charge in [0.15, 0.2) is 0 Å². The molecular formula is C16H25BrN2. The van der Waals surface area contributed by atoms with E-state index in [1.165, 1.54) is 41.4 Å². The first-order valence-electron chi connectivity index (χ1n) is 7.40. The highest BCUT2D eigenvalue weighted by Gasteiger charge is 2.22. The highest BCUT2D eigenvalue weighted by Crippen LogP contribution is 2.32. The number of hydrogen-bond acceptors (Lipinski definition) is 2. The van der Waals surface area contributed by atoms with E-state index < -0.39 is 0 Å². The third kappa shape index (κ3) is 3.32. The van der Waals surface area contributed by atoms with Crippen molar-refractivity contribution in [1.29, 1.82) is 0 Å². The van der Waals surface area contributed by atoms with Crippen molar-refractivity contribution in [3.05, 3.63) is 28.2 Å². The van der Waals surface area contributed by atoms with Crippen LogP contribution in [0, 0.1) is 0 Å². The van der Waals surface area contributed by atoms with E-state index in [2.05, 4.69) is 58.2 Å². The quantitative estimate of drug-likeness (QED) is 0.857. The molecule has 0 saturated heterocycles. The smallest absolute Gasteiger partial charge is 0.0380 e. The van der Waals surface area contributed by atoms with Crippen LogP contribution in [0.1, 0.15) is 51.1 Å². The number of nitrogens with one attached hydrogen (secondary N) is 1. The van der Waals surface area contributed by atoms with Gasteiger partial charge >= 0.3 is 0 Å². The van der Waals surface area contributed by atoms with Crippen LogP contribution in [0.4, 0.5) is 5.69 Å². The second-order valence-corrected chi connectivity index (χ2v) is 6.29. The zero-order chi connectivity index (χ0) is 13.8. The van der Waals surface area contributed by atoms with E-state index in [0.717, 1.165) is 12.6 Å². The molecule has 2 nitrogen and oxygen atoms in total. The Balaban J connectivity index is 2.22. The van der Waals surface area contributed by atoms with E-state index in [0.29, 0.717) is 6.04 Å². The Morgan fingerprint density at radius 2 is 2.05 bits per heavy atom. The molecule has 3 heteroatoms. The zero-order valence-corrected chi connectivity index (χ0v) is 13.8. The monoisotopic (exact) mass is 324 g/mol. The normalized spacial score (nSPS) is 17.7. The molecule has 2 rings (SSSR count). The van der Waals surface area contributed by atoms with Gasteiger partial charge in [0, 0.05) is 28.8 Å². The van der Waals surface area contributed by atoms with Crippen LogP contribution in [-0.4, -0.2) is 19.6 Å². The molecule has 0 bridgehead atoms. The molecule has 19 heavy (non-hydrogen) atoms. The third-order valence-electron chi connectivity index (χ3n) is 4.32. The Morgan fingerprint density at radius 1 is 1.37 bits per heavy atom. The van der Waals surface area contributed by atoms with Gasteiger partial charge in [0.1, 0.15) is 0 Å². The molecule has 1 aromatic carbocycles. The maximum atomic E-state index is 3.73. The summed E-state index contributed by atoms with van der Waals surface area (Å²) in [5.74, 6) is 0. The van der Waals surface area contributed by atoms with Gasteiger partial charge in [0.25, 0.3) is 0 Å². The Bertz CT molecular complexity index is 413. The molecule has 0 heterocycles. The molecule has 0 amide bonds. The largest absolute Gasteiger partial charge is 0.369 e. The Morgan fingerprint density at radius 3 is 2.58 bits per heavy atom. The lowest BCUT2D eigenvalue weighted by molar-refractivity contribution is 0.618. The molecule has 1 atom stereocenters. The van der Waals surface area contributed by atoms with Gasteiger partial charge in [0.05, 0.1) is 0 Å². The van der Waals surface area contributed by atoms with Crippen molar-refractivity contribution >= 4 is 21.6 Å². The Kier molecular flexibility index (Phi) is 5.28. The summed E-state index contributed by atoms with van der Waals surface area (Å²) in [5, 5.41) is 3.30. The first kappa shape index (κ1) is 14.9. The summed E-state index contributed by atoms with van der Waals surface area (Å²) in [5.41, 5.74) is 2.68. The van der Waals surface area contributed by atoms with Crippen LogP contribution >= 0.6 is 15.9 Å². The minimum atomic E-state index is 0.380. The first-order valence-corrected chi connectivity index (χ1v) is 8.20. The van der Waals surface area contributed by atoms with E-state index in [4.69, 9.17) is 0 Å². The number of halogens is 1. The number of hydrogen-bond donors (Lipinski definition) is 1. The van der Waals surface area contributed by atoms with Gasteiger partial charge in [-0.15, -0.1) is 0 Å². The maximum Gasteiger partial charge on any atom is 0.0380 e. The lowest BCUT2D eigenvalue weighted by Crippen LogP contribution is -2.33. The molecule has 1 fully saturated rings. The van der Waals surface area contributed by atoms with Crippen molar-refractivity contribution in [1.82, 2.24) is 5.32 Å². The van der Waals surface area contributed by atoms with Crippen molar-refractivity contribution in [2.45, 2.75) is 51.6 Å². The summed E-state index contributed by atoms with van der Waals surface area (Å²) in [7, 11) is 2.00. The minimum absolute atomic E-state index is 0.380. The Hall–Kier alpha value is -0.540. The SMILES string of the molecule is CCN(c1ccc(C(C)NC)c(Br)c1)C1CCCC1. The van der Waals surface area contributed by atoms with E-state index in [1.54, 1.807) is 0 Å². The van der Waals surface area contributed by atoms with E-state index >= 15 is 0 Å². The van der Waals surface area contributed by atoms with Crippen LogP contribution < -0.4 is 10.2 Å². The fraction of sp³-hybridized carbons (Fsp3) is 0.625.